The number of hydrogen-bond acceptors (Lipinski definition) is 3. The van der Waals surface area contributed by atoms with Crippen LogP contribution in [0.1, 0.15) is 23.6 Å². The van der Waals surface area contributed by atoms with Crippen LogP contribution in [0.5, 0.6) is 5.75 Å². The number of piperidine rings is 1. The number of rotatable bonds is 3. The fraction of sp³-hybridized carbons (Fsp3) is 0.421. The van der Waals surface area contributed by atoms with Crippen LogP contribution in [0, 0.1) is 5.92 Å². The van der Waals surface area contributed by atoms with Crippen LogP contribution in [-0.4, -0.2) is 29.7 Å². The highest BCUT2D eigenvalue weighted by atomic mass is 79.9. The predicted molar refractivity (Wildman–Crippen MR) is 97.5 cm³/mol. The lowest BCUT2D eigenvalue weighted by Crippen LogP contribution is -2.46. The number of ether oxygens (including phenoxy) is 1. The molecule has 1 aromatic heterocycles. The van der Waals surface area contributed by atoms with Crippen molar-refractivity contribution in [2.24, 2.45) is 5.92 Å². The highest BCUT2D eigenvalue weighted by molar-refractivity contribution is 9.10. The number of methoxy groups -OCH3 is 1. The van der Waals surface area contributed by atoms with Crippen molar-refractivity contribution in [3.05, 3.63) is 62.5 Å². The topological polar surface area (TPSA) is 34.5 Å². The molecule has 2 aliphatic rings. The molecule has 2 unspecified atom stereocenters. The monoisotopic (exact) mass is 388 g/mol. The Morgan fingerprint density at radius 1 is 1.21 bits per heavy atom. The molecule has 0 saturated carbocycles. The van der Waals surface area contributed by atoms with Crippen LogP contribution in [0.25, 0.3) is 0 Å². The number of nitrogens with zero attached hydrogens (tertiary/aromatic N) is 2. The van der Waals surface area contributed by atoms with Gasteiger partial charge in [-0.05, 0) is 52.0 Å². The van der Waals surface area contributed by atoms with Gasteiger partial charge in [0, 0.05) is 43.9 Å². The van der Waals surface area contributed by atoms with E-state index in [1.807, 2.05) is 16.7 Å². The standard InChI is InChI=1S/C19H21BrN2O2/c1-24-18-6-5-13(8-16(18)20)9-21-10-14-7-15(12-21)17-3-2-4-19(23)22(17)11-14/h2-6,8,14-15H,7,9-12H2,1H3. The SMILES string of the molecule is COc1ccc(CN2CC3CC(C2)c2cccc(=O)n2C3)cc1Br. The second kappa shape index (κ2) is 6.37. The van der Waals surface area contributed by atoms with Gasteiger partial charge in [-0.2, -0.15) is 0 Å². The van der Waals surface area contributed by atoms with Gasteiger partial charge in [-0.25, -0.2) is 0 Å². The van der Waals surface area contributed by atoms with E-state index in [0.29, 0.717) is 11.8 Å². The first-order valence-electron chi connectivity index (χ1n) is 8.38. The molecule has 126 valence electrons. The van der Waals surface area contributed by atoms with Gasteiger partial charge in [0.25, 0.3) is 5.56 Å². The van der Waals surface area contributed by atoms with Gasteiger partial charge in [-0.1, -0.05) is 12.1 Å². The molecule has 2 atom stereocenters. The number of hydrogen-bond donors (Lipinski definition) is 0. The zero-order valence-electron chi connectivity index (χ0n) is 13.7. The third kappa shape index (κ3) is 2.91. The molecule has 0 spiro atoms. The van der Waals surface area contributed by atoms with E-state index in [4.69, 9.17) is 4.74 Å². The molecule has 4 rings (SSSR count). The third-order valence-electron chi connectivity index (χ3n) is 5.18. The highest BCUT2D eigenvalue weighted by Crippen LogP contribution is 2.35. The van der Waals surface area contributed by atoms with E-state index < -0.39 is 0 Å². The minimum Gasteiger partial charge on any atom is -0.496 e. The zero-order valence-corrected chi connectivity index (χ0v) is 15.3. The Morgan fingerprint density at radius 2 is 2.08 bits per heavy atom. The summed E-state index contributed by atoms with van der Waals surface area (Å²) < 4.78 is 8.29. The second-order valence-corrected chi connectivity index (χ2v) is 7.72. The molecule has 24 heavy (non-hydrogen) atoms. The van der Waals surface area contributed by atoms with Crippen LogP contribution in [0.3, 0.4) is 0 Å². The molecule has 0 amide bonds. The van der Waals surface area contributed by atoms with Crippen molar-refractivity contribution in [2.45, 2.75) is 25.4 Å². The van der Waals surface area contributed by atoms with Gasteiger partial charge in [-0.3, -0.25) is 9.69 Å². The van der Waals surface area contributed by atoms with Crippen molar-refractivity contribution in [3.8, 4) is 5.75 Å². The summed E-state index contributed by atoms with van der Waals surface area (Å²) in [6.45, 7) is 3.87. The first-order chi connectivity index (χ1) is 11.6. The molecule has 2 aliphatic heterocycles. The van der Waals surface area contributed by atoms with E-state index in [9.17, 15) is 4.79 Å². The Hall–Kier alpha value is -1.59. The average Bonchev–Trinajstić information content (AvgIpc) is 2.56. The Labute approximate surface area is 150 Å². The maximum absolute atomic E-state index is 12.1. The average molecular weight is 389 g/mol. The molecule has 2 aromatic rings. The first-order valence-corrected chi connectivity index (χ1v) is 9.18. The van der Waals surface area contributed by atoms with Crippen LogP contribution in [0.4, 0.5) is 0 Å². The van der Waals surface area contributed by atoms with Crippen LogP contribution in [-0.2, 0) is 13.1 Å². The Bertz CT molecular complexity index is 817. The van der Waals surface area contributed by atoms with Gasteiger partial charge in [0.2, 0.25) is 0 Å². The van der Waals surface area contributed by atoms with Gasteiger partial charge in [0.05, 0.1) is 11.6 Å². The molecular weight excluding hydrogens is 368 g/mol. The Balaban J connectivity index is 1.54. The van der Waals surface area contributed by atoms with Crippen molar-refractivity contribution in [3.63, 3.8) is 0 Å². The van der Waals surface area contributed by atoms with Crippen LogP contribution < -0.4 is 10.3 Å². The van der Waals surface area contributed by atoms with Crippen LogP contribution in [0.2, 0.25) is 0 Å². The Morgan fingerprint density at radius 3 is 2.88 bits per heavy atom. The normalized spacial score (nSPS) is 22.9. The van der Waals surface area contributed by atoms with E-state index in [1.54, 1.807) is 13.2 Å². The van der Waals surface area contributed by atoms with Gasteiger partial charge in [0.1, 0.15) is 5.75 Å². The lowest BCUT2D eigenvalue weighted by molar-refractivity contribution is 0.114. The summed E-state index contributed by atoms with van der Waals surface area (Å²) in [5, 5.41) is 0. The number of likely N-dealkylation sites (tertiary alicyclic amines) is 1. The molecule has 0 radical (unpaired) electrons. The molecule has 4 nitrogen and oxygen atoms in total. The first kappa shape index (κ1) is 15.9. The molecule has 5 heteroatoms. The molecule has 1 saturated heterocycles. The fourth-order valence-corrected chi connectivity index (χ4v) is 4.78. The number of benzene rings is 1. The number of aromatic nitrogens is 1. The summed E-state index contributed by atoms with van der Waals surface area (Å²) in [6.07, 6.45) is 1.20. The highest BCUT2D eigenvalue weighted by Gasteiger charge is 2.34. The van der Waals surface area contributed by atoms with Crippen LogP contribution in [0.15, 0.2) is 45.7 Å². The van der Waals surface area contributed by atoms with Crippen molar-refractivity contribution in [2.75, 3.05) is 20.2 Å². The Kier molecular flexibility index (Phi) is 4.22. The number of halogens is 1. The van der Waals surface area contributed by atoms with E-state index in [1.165, 1.54) is 17.7 Å². The van der Waals surface area contributed by atoms with E-state index in [2.05, 4.69) is 39.0 Å². The van der Waals surface area contributed by atoms with E-state index >= 15 is 0 Å². The molecule has 1 aromatic carbocycles. The van der Waals surface area contributed by atoms with Crippen molar-refractivity contribution in [1.82, 2.24) is 9.47 Å². The van der Waals surface area contributed by atoms with Gasteiger partial charge in [-0.15, -0.1) is 0 Å². The van der Waals surface area contributed by atoms with E-state index in [-0.39, 0.29) is 5.56 Å². The second-order valence-electron chi connectivity index (χ2n) is 6.86. The summed E-state index contributed by atoms with van der Waals surface area (Å²) in [7, 11) is 1.69. The molecule has 0 N–H and O–H groups in total. The van der Waals surface area contributed by atoms with Gasteiger partial charge < -0.3 is 9.30 Å². The zero-order chi connectivity index (χ0) is 16.7. The molecule has 0 aliphatic carbocycles. The largest absolute Gasteiger partial charge is 0.496 e. The van der Waals surface area contributed by atoms with E-state index in [0.717, 1.165) is 36.4 Å². The third-order valence-corrected chi connectivity index (χ3v) is 5.80. The van der Waals surface area contributed by atoms with Crippen LogP contribution >= 0.6 is 15.9 Å². The quantitative estimate of drug-likeness (QED) is 0.809. The lowest BCUT2D eigenvalue weighted by Gasteiger charge is -2.42. The summed E-state index contributed by atoms with van der Waals surface area (Å²) >= 11 is 3.57. The number of pyridine rings is 1. The van der Waals surface area contributed by atoms with Gasteiger partial charge >= 0.3 is 0 Å². The molecular formula is C19H21BrN2O2. The molecule has 1 fully saturated rings. The maximum Gasteiger partial charge on any atom is 0.250 e. The lowest BCUT2D eigenvalue weighted by atomic mass is 9.83. The van der Waals surface area contributed by atoms with Crippen molar-refractivity contribution in [1.29, 1.82) is 0 Å². The molecule has 2 bridgehead atoms. The summed E-state index contributed by atoms with van der Waals surface area (Å²) in [6, 6.07) is 12.0. The molecule has 3 heterocycles. The number of fused-ring (bicyclic) bond motifs is 4. The van der Waals surface area contributed by atoms with Crippen molar-refractivity contribution < 1.29 is 4.74 Å². The van der Waals surface area contributed by atoms with Crippen molar-refractivity contribution >= 4 is 15.9 Å². The maximum atomic E-state index is 12.1. The minimum atomic E-state index is 0.148. The predicted octanol–water partition coefficient (Wildman–Crippen LogP) is 3.24. The fourth-order valence-electron chi connectivity index (χ4n) is 4.19. The summed E-state index contributed by atoms with van der Waals surface area (Å²) in [4.78, 5) is 14.6. The smallest absolute Gasteiger partial charge is 0.250 e. The minimum absolute atomic E-state index is 0.148. The van der Waals surface area contributed by atoms with Gasteiger partial charge in [0.15, 0.2) is 0 Å². The summed E-state index contributed by atoms with van der Waals surface area (Å²) in [5.41, 5.74) is 2.64. The summed E-state index contributed by atoms with van der Waals surface area (Å²) in [5.74, 6) is 1.90.